The smallest absolute Gasteiger partial charge is 0.259 e. The van der Waals surface area contributed by atoms with Crippen LogP contribution in [0.1, 0.15) is 29.9 Å². The maximum absolute atomic E-state index is 13.2. The Hall–Kier alpha value is -2.75. The molecule has 0 saturated heterocycles. The van der Waals surface area contributed by atoms with E-state index < -0.39 is 15.9 Å². The van der Waals surface area contributed by atoms with Crippen molar-refractivity contribution in [2.24, 2.45) is 0 Å². The van der Waals surface area contributed by atoms with Gasteiger partial charge < -0.3 is 5.32 Å². The van der Waals surface area contributed by atoms with Gasteiger partial charge in [-0.3, -0.25) is 4.79 Å². The average molecular weight is 465 g/mol. The number of benzene rings is 2. The predicted molar refractivity (Wildman–Crippen MR) is 118 cm³/mol. The third-order valence-electron chi connectivity index (χ3n) is 4.84. The van der Waals surface area contributed by atoms with E-state index in [0.29, 0.717) is 30.0 Å². The number of carbonyl (C=O) groups is 1. The summed E-state index contributed by atoms with van der Waals surface area (Å²) in [5, 5.41) is 6.97. The summed E-state index contributed by atoms with van der Waals surface area (Å²) in [6, 6.07) is 10.0. The van der Waals surface area contributed by atoms with E-state index in [0.717, 1.165) is 0 Å². The number of sulfonamides is 1. The molecule has 7 nitrogen and oxygen atoms in total. The predicted octanol–water partition coefficient (Wildman–Crippen LogP) is 4.26. The molecule has 3 aromatic rings. The van der Waals surface area contributed by atoms with Gasteiger partial charge in [-0.1, -0.05) is 25.4 Å². The van der Waals surface area contributed by atoms with Gasteiger partial charge in [0.2, 0.25) is 10.0 Å². The van der Waals surface area contributed by atoms with Crippen LogP contribution in [0.5, 0.6) is 0 Å². The Balaban J connectivity index is 1.89. The number of carbonyl (C=O) groups excluding carboxylic acids is 1. The van der Waals surface area contributed by atoms with Crippen LogP contribution in [-0.4, -0.2) is 41.5 Å². The van der Waals surface area contributed by atoms with Crippen LogP contribution in [0.4, 0.5) is 10.1 Å². The molecule has 0 aliphatic rings. The van der Waals surface area contributed by atoms with E-state index in [4.69, 9.17) is 11.6 Å². The maximum Gasteiger partial charge on any atom is 0.259 e. The lowest BCUT2D eigenvalue weighted by Crippen LogP contribution is -2.30. The summed E-state index contributed by atoms with van der Waals surface area (Å²) >= 11 is 6.14. The molecule has 1 aromatic heterocycles. The molecule has 164 valence electrons. The minimum atomic E-state index is -3.80. The normalized spacial score (nSPS) is 11.7. The molecular formula is C21H22ClFN4O3S. The van der Waals surface area contributed by atoms with Gasteiger partial charge in [-0.15, -0.1) is 0 Å². The molecule has 2 aromatic carbocycles. The molecule has 0 spiro atoms. The molecule has 0 atom stereocenters. The topological polar surface area (TPSA) is 84.3 Å². The van der Waals surface area contributed by atoms with Crippen LogP contribution in [0.3, 0.4) is 0 Å². The van der Waals surface area contributed by atoms with E-state index in [2.05, 4.69) is 10.4 Å². The van der Waals surface area contributed by atoms with Crippen LogP contribution >= 0.6 is 11.6 Å². The van der Waals surface area contributed by atoms with Crippen molar-refractivity contribution in [2.75, 3.05) is 18.4 Å². The Morgan fingerprint density at radius 3 is 2.42 bits per heavy atom. The van der Waals surface area contributed by atoms with Gasteiger partial charge in [0.1, 0.15) is 10.7 Å². The Kier molecular flexibility index (Phi) is 6.78. The number of nitrogens with one attached hydrogen (secondary N) is 1. The van der Waals surface area contributed by atoms with Gasteiger partial charge in [-0.25, -0.2) is 17.5 Å². The molecule has 0 aliphatic heterocycles. The van der Waals surface area contributed by atoms with Gasteiger partial charge in [0.15, 0.2) is 0 Å². The van der Waals surface area contributed by atoms with Crippen molar-refractivity contribution in [3.05, 3.63) is 70.8 Å². The molecule has 10 heteroatoms. The fourth-order valence-electron chi connectivity index (χ4n) is 3.15. The maximum atomic E-state index is 13.2. The van der Waals surface area contributed by atoms with Crippen molar-refractivity contribution in [3.63, 3.8) is 0 Å². The fraction of sp³-hybridized carbons (Fsp3) is 0.238. The first-order chi connectivity index (χ1) is 14.7. The van der Waals surface area contributed by atoms with E-state index in [1.54, 1.807) is 32.9 Å². The number of hydrogen-bond acceptors (Lipinski definition) is 4. The molecule has 0 radical (unpaired) electrons. The highest BCUT2D eigenvalue weighted by Gasteiger charge is 2.25. The molecule has 31 heavy (non-hydrogen) atoms. The standard InChI is InChI=1S/C21H22ClFN4O3S/c1-4-26(5-2)31(29,30)20-12-16(8-11-19(20)22)25-21(28)18-13-24-27(14(18)3)17-9-6-15(23)7-10-17/h6-13H,4-5H2,1-3H3,(H,25,28). The first-order valence-electron chi connectivity index (χ1n) is 9.60. The van der Waals surface area contributed by atoms with Crippen molar-refractivity contribution >= 4 is 33.2 Å². The highest BCUT2D eigenvalue weighted by molar-refractivity contribution is 7.89. The van der Waals surface area contributed by atoms with Gasteiger partial charge >= 0.3 is 0 Å². The van der Waals surface area contributed by atoms with Gasteiger partial charge in [0, 0.05) is 18.8 Å². The largest absolute Gasteiger partial charge is 0.322 e. The number of aromatic nitrogens is 2. The lowest BCUT2D eigenvalue weighted by molar-refractivity contribution is 0.102. The summed E-state index contributed by atoms with van der Waals surface area (Å²) in [7, 11) is -3.80. The zero-order chi connectivity index (χ0) is 22.8. The summed E-state index contributed by atoms with van der Waals surface area (Å²) in [6.45, 7) is 5.79. The SMILES string of the molecule is CCN(CC)S(=O)(=O)c1cc(NC(=O)c2cnn(-c3ccc(F)cc3)c2C)ccc1Cl. The summed E-state index contributed by atoms with van der Waals surface area (Å²) in [5.74, 6) is -0.830. The lowest BCUT2D eigenvalue weighted by atomic mass is 10.2. The van der Waals surface area contributed by atoms with Crippen LogP contribution in [0.15, 0.2) is 53.6 Å². The van der Waals surface area contributed by atoms with Crippen molar-refractivity contribution in [1.29, 1.82) is 0 Å². The minimum Gasteiger partial charge on any atom is -0.322 e. The van der Waals surface area contributed by atoms with Gasteiger partial charge in [0.25, 0.3) is 5.91 Å². The Morgan fingerprint density at radius 2 is 1.81 bits per heavy atom. The third-order valence-corrected chi connectivity index (χ3v) is 7.37. The molecule has 0 unspecified atom stereocenters. The number of nitrogens with zero attached hydrogens (tertiary/aromatic N) is 3. The second-order valence-electron chi connectivity index (χ2n) is 6.72. The van der Waals surface area contributed by atoms with Gasteiger partial charge in [-0.05, 0) is 49.4 Å². The van der Waals surface area contributed by atoms with Crippen molar-refractivity contribution in [1.82, 2.24) is 14.1 Å². The number of amides is 1. The Morgan fingerprint density at radius 1 is 1.16 bits per heavy atom. The van der Waals surface area contributed by atoms with Crippen molar-refractivity contribution in [2.45, 2.75) is 25.7 Å². The quantitative estimate of drug-likeness (QED) is 0.566. The number of halogens is 2. The zero-order valence-corrected chi connectivity index (χ0v) is 18.8. The van der Waals surface area contributed by atoms with Gasteiger partial charge in [-0.2, -0.15) is 9.40 Å². The summed E-state index contributed by atoms with van der Waals surface area (Å²) in [6.07, 6.45) is 1.40. The second-order valence-corrected chi connectivity index (χ2v) is 9.03. The molecule has 0 bridgehead atoms. The first-order valence-corrected chi connectivity index (χ1v) is 11.4. The van der Waals surface area contributed by atoms with E-state index in [1.165, 1.54) is 45.5 Å². The average Bonchev–Trinajstić information content (AvgIpc) is 3.12. The van der Waals surface area contributed by atoms with E-state index in [-0.39, 0.29) is 21.4 Å². The molecule has 0 saturated carbocycles. The summed E-state index contributed by atoms with van der Waals surface area (Å²) in [5.41, 5.74) is 1.74. The third kappa shape index (κ3) is 4.63. The highest BCUT2D eigenvalue weighted by Crippen LogP contribution is 2.28. The van der Waals surface area contributed by atoms with Gasteiger partial charge in [0.05, 0.1) is 28.2 Å². The van der Waals surface area contributed by atoms with Crippen molar-refractivity contribution < 1.29 is 17.6 Å². The minimum absolute atomic E-state index is 0.0743. The Bertz CT molecular complexity index is 1210. The lowest BCUT2D eigenvalue weighted by Gasteiger charge is -2.19. The molecular weight excluding hydrogens is 443 g/mol. The van der Waals surface area contributed by atoms with Crippen LogP contribution in [0.2, 0.25) is 5.02 Å². The summed E-state index contributed by atoms with van der Waals surface area (Å²) in [4.78, 5) is 12.7. The molecule has 0 aliphatic carbocycles. The molecule has 0 fully saturated rings. The second kappa shape index (κ2) is 9.17. The van der Waals surface area contributed by atoms with E-state index in [9.17, 15) is 17.6 Å². The number of rotatable bonds is 7. The number of hydrogen-bond donors (Lipinski definition) is 1. The zero-order valence-electron chi connectivity index (χ0n) is 17.3. The fourth-order valence-corrected chi connectivity index (χ4v) is 5.11. The monoisotopic (exact) mass is 464 g/mol. The van der Waals surface area contributed by atoms with E-state index in [1.807, 2.05) is 0 Å². The van der Waals surface area contributed by atoms with Crippen LogP contribution in [0, 0.1) is 12.7 Å². The molecule has 1 N–H and O–H groups in total. The number of anilines is 1. The molecule has 1 amide bonds. The van der Waals surface area contributed by atoms with Crippen LogP contribution in [0.25, 0.3) is 5.69 Å². The van der Waals surface area contributed by atoms with Crippen LogP contribution < -0.4 is 5.32 Å². The van der Waals surface area contributed by atoms with E-state index >= 15 is 0 Å². The highest BCUT2D eigenvalue weighted by atomic mass is 35.5. The van der Waals surface area contributed by atoms with Crippen molar-refractivity contribution in [3.8, 4) is 5.69 Å². The van der Waals surface area contributed by atoms with Crippen LogP contribution in [-0.2, 0) is 10.0 Å². The summed E-state index contributed by atoms with van der Waals surface area (Å²) < 4.78 is 41.7. The first kappa shape index (κ1) is 22.9. The Labute approximate surface area is 185 Å². The molecule has 1 heterocycles. The molecule has 3 rings (SSSR count).